The molecule has 0 atom stereocenters. The lowest BCUT2D eigenvalue weighted by molar-refractivity contribution is 0.280. The van der Waals surface area contributed by atoms with Crippen LogP contribution in [0.2, 0.25) is 0 Å². The van der Waals surface area contributed by atoms with E-state index in [9.17, 15) is 4.39 Å². The summed E-state index contributed by atoms with van der Waals surface area (Å²) in [6, 6.07) is 4.82. The van der Waals surface area contributed by atoms with Crippen LogP contribution in [0.3, 0.4) is 0 Å². The number of benzene rings is 1. The first-order valence-electron chi connectivity index (χ1n) is 6.08. The lowest BCUT2D eigenvalue weighted by Gasteiger charge is -2.24. The maximum atomic E-state index is 13.0. The molecule has 1 rings (SSSR count). The van der Waals surface area contributed by atoms with Gasteiger partial charge in [0.1, 0.15) is 18.2 Å². The fraction of sp³-hybridized carbons (Fsp3) is 0.571. The molecule has 0 spiro atoms. The molecule has 17 heavy (non-hydrogen) atoms. The third-order valence-corrected chi connectivity index (χ3v) is 2.99. The number of hydrogen-bond acceptors (Lipinski definition) is 2. The largest absolute Gasteiger partial charge is 0.492 e. The molecule has 0 saturated heterocycles. The Morgan fingerprint density at radius 1 is 1.35 bits per heavy atom. The summed E-state index contributed by atoms with van der Waals surface area (Å²) in [5.41, 5.74) is 0.756. The second-order valence-corrected chi connectivity index (χ2v) is 4.92. The van der Waals surface area contributed by atoms with Crippen molar-refractivity contribution < 1.29 is 9.13 Å². The Morgan fingerprint density at radius 3 is 2.65 bits per heavy atom. The van der Waals surface area contributed by atoms with Crippen LogP contribution in [0, 0.1) is 12.7 Å². The summed E-state index contributed by atoms with van der Waals surface area (Å²) < 4.78 is 18.6. The van der Waals surface area contributed by atoms with Gasteiger partial charge in [0.15, 0.2) is 0 Å². The van der Waals surface area contributed by atoms with E-state index in [-0.39, 0.29) is 11.4 Å². The number of hydrogen-bond donors (Lipinski definition) is 1. The molecule has 0 aromatic heterocycles. The Balaban J connectivity index is 2.34. The Morgan fingerprint density at radius 2 is 2.06 bits per heavy atom. The third kappa shape index (κ3) is 4.73. The fourth-order valence-corrected chi connectivity index (χ4v) is 1.39. The summed E-state index contributed by atoms with van der Waals surface area (Å²) in [6.07, 6.45) is 1.07. The summed E-state index contributed by atoms with van der Waals surface area (Å²) in [7, 11) is 0. The Labute approximate surface area is 103 Å². The smallest absolute Gasteiger partial charge is 0.126 e. The summed E-state index contributed by atoms with van der Waals surface area (Å²) in [6.45, 7) is 9.59. The molecule has 1 aromatic rings. The SMILES string of the molecule is CCC(C)(C)NCCOc1ccc(F)c(C)c1. The lowest BCUT2D eigenvalue weighted by atomic mass is 10.0. The van der Waals surface area contributed by atoms with Crippen molar-refractivity contribution in [3.63, 3.8) is 0 Å². The van der Waals surface area contributed by atoms with Gasteiger partial charge in [-0.1, -0.05) is 6.92 Å². The van der Waals surface area contributed by atoms with Gasteiger partial charge in [0, 0.05) is 12.1 Å². The van der Waals surface area contributed by atoms with Crippen LogP contribution in [-0.2, 0) is 0 Å². The Hall–Kier alpha value is -1.09. The molecule has 0 aliphatic carbocycles. The summed E-state index contributed by atoms with van der Waals surface area (Å²) in [5.74, 6) is 0.530. The number of rotatable bonds is 6. The molecule has 0 aliphatic heterocycles. The highest BCUT2D eigenvalue weighted by Crippen LogP contribution is 2.15. The van der Waals surface area contributed by atoms with Gasteiger partial charge in [0.05, 0.1) is 0 Å². The average molecular weight is 239 g/mol. The van der Waals surface area contributed by atoms with E-state index in [1.807, 2.05) is 0 Å². The van der Waals surface area contributed by atoms with Gasteiger partial charge in [-0.15, -0.1) is 0 Å². The molecule has 1 aromatic carbocycles. The van der Waals surface area contributed by atoms with Crippen LogP contribution in [0.1, 0.15) is 32.8 Å². The van der Waals surface area contributed by atoms with Crippen LogP contribution < -0.4 is 10.1 Å². The van der Waals surface area contributed by atoms with Crippen LogP contribution in [-0.4, -0.2) is 18.7 Å². The van der Waals surface area contributed by atoms with E-state index in [1.165, 1.54) is 6.07 Å². The quantitative estimate of drug-likeness (QED) is 0.769. The first kappa shape index (κ1) is 14.0. The van der Waals surface area contributed by atoms with Gasteiger partial charge >= 0.3 is 0 Å². The van der Waals surface area contributed by atoms with E-state index in [2.05, 4.69) is 26.1 Å². The minimum atomic E-state index is -0.192. The Bertz CT molecular complexity index is 363. The van der Waals surface area contributed by atoms with Gasteiger partial charge in [0.25, 0.3) is 0 Å². The van der Waals surface area contributed by atoms with Crippen molar-refractivity contribution in [2.45, 2.75) is 39.7 Å². The van der Waals surface area contributed by atoms with E-state index in [0.29, 0.717) is 12.2 Å². The average Bonchev–Trinajstić information content (AvgIpc) is 2.29. The molecule has 0 fully saturated rings. The number of ether oxygens (including phenoxy) is 1. The summed E-state index contributed by atoms with van der Waals surface area (Å²) >= 11 is 0. The minimum absolute atomic E-state index is 0.141. The van der Waals surface area contributed by atoms with Crippen LogP contribution in [0.25, 0.3) is 0 Å². The van der Waals surface area contributed by atoms with Gasteiger partial charge in [0.2, 0.25) is 0 Å². The van der Waals surface area contributed by atoms with E-state index in [0.717, 1.165) is 18.7 Å². The zero-order valence-electron chi connectivity index (χ0n) is 11.1. The molecular weight excluding hydrogens is 217 g/mol. The third-order valence-electron chi connectivity index (χ3n) is 2.99. The molecule has 0 heterocycles. The molecule has 0 bridgehead atoms. The maximum Gasteiger partial charge on any atom is 0.126 e. The molecule has 1 N–H and O–H groups in total. The van der Waals surface area contributed by atoms with Crippen LogP contribution >= 0.6 is 0 Å². The molecule has 0 radical (unpaired) electrons. The molecule has 0 unspecified atom stereocenters. The predicted molar refractivity (Wildman–Crippen MR) is 69.0 cm³/mol. The van der Waals surface area contributed by atoms with Gasteiger partial charge < -0.3 is 10.1 Å². The molecule has 96 valence electrons. The van der Waals surface area contributed by atoms with Crippen molar-refractivity contribution in [1.82, 2.24) is 5.32 Å². The van der Waals surface area contributed by atoms with Gasteiger partial charge in [-0.2, -0.15) is 0 Å². The zero-order valence-corrected chi connectivity index (χ0v) is 11.1. The Kier molecular flexibility index (Phi) is 4.94. The number of aryl methyl sites for hydroxylation is 1. The topological polar surface area (TPSA) is 21.3 Å². The van der Waals surface area contributed by atoms with E-state index in [1.54, 1.807) is 19.1 Å². The van der Waals surface area contributed by atoms with Crippen molar-refractivity contribution in [3.8, 4) is 5.75 Å². The molecular formula is C14H22FNO. The lowest BCUT2D eigenvalue weighted by Crippen LogP contribution is -2.40. The molecule has 0 aliphatic rings. The van der Waals surface area contributed by atoms with Gasteiger partial charge in [-0.05, 0) is 51.0 Å². The first-order chi connectivity index (χ1) is 7.94. The standard InChI is InChI=1S/C14H22FNO/c1-5-14(3,4)16-8-9-17-12-6-7-13(15)11(2)10-12/h6-7,10,16H,5,8-9H2,1-4H3. The summed E-state index contributed by atoms with van der Waals surface area (Å²) in [4.78, 5) is 0. The highest BCUT2D eigenvalue weighted by molar-refractivity contribution is 5.28. The monoisotopic (exact) mass is 239 g/mol. The van der Waals surface area contributed by atoms with Crippen LogP contribution in [0.4, 0.5) is 4.39 Å². The minimum Gasteiger partial charge on any atom is -0.492 e. The van der Waals surface area contributed by atoms with Gasteiger partial charge in [-0.25, -0.2) is 4.39 Å². The normalized spacial score (nSPS) is 11.6. The van der Waals surface area contributed by atoms with Crippen molar-refractivity contribution in [3.05, 3.63) is 29.6 Å². The highest BCUT2D eigenvalue weighted by Gasteiger charge is 2.12. The van der Waals surface area contributed by atoms with Crippen LogP contribution in [0.5, 0.6) is 5.75 Å². The maximum absolute atomic E-state index is 13.0. The molecule has 0 saturated carbocycles. The van der Waals surface area contributed by atoms with E-state index < -0.39 is 0 Å². The van der Waals surface area contributed by atoms with Crippen molar-refractivity contribution >= 4 is 0 Å². The van der Waals surface area contributed by atoms with Crippen LogP contribution in [0.15, 0.2) is 18.2 Å². The van der Waals surface area contributed by atoms with Crippen molar-refractivity contribution in [1.29, 1.82) is 0 Å². The van der Waals surface area contributed by atoms with Crippen molar-refractivity contribution in [2.24, 2.45) is 0 Å². The van der Waals surface area contributed by atoms with E-state index >= 15 is 0 Å². The second-order valence-electron chi connectivity index (χ2n) is 4.92. The van der Waals surface area contributed by atoms with Gasteiger partial charge in [-0.3, -0.25) is 0 Å². The number of halogens is 1. The molecule has 2 nitrogen and oxygen atoms in total. The molecule has 3 heteroatoms. The number of nitrogens with one attached hydrogen (secondary N) is 1. The second kappa shape index (κ2) is 6.01. The highest BCUT2D eigenvalue weighted by atomic mass is 19.1. The van der Waals surface area contributed by atoms with Crippen molar-refractivity contribution in [2.75, 3.05) is 13.2 Å². The van der Waals surface area contributed by atoms with E-state index in [4.69, 9.17) is 4.74 Å². The zero-order chi connectivity index (χ0) is 12.9. The fourth-order valence-electron chi connectivity index (χ4n) is 1.39. The first-order valence-corrected chi connectivity index (χ1v) is 6.08. The predicted octanol–water partition coefficient (Wildman–Crippen LogP) is 3.29. The molecule has 0 amide bonds. The summed E-state index contributed by atoms with van der Waals surface area (Å²) in [5, 5.41) is 3.41.